The molecule has 4 nitrogen and oxygen atoms in total. The Morgan fingerprint density at radius 1 is 0.700 bits per heavy atom. The van der Waals surface area contributed by atoms with Crippen molar-refractivity contribution in [2.24, 2.45) is 0 Å². The van der Waals surface area contributed by atoms with Crippen molar-refractivity contribution >= 4 is 5.97 Å². The fourth-order valence-corrected chi connectivity index (χ4v) is 4.82. The molecular formula is C35H47FN2O2. The minimum atomic E-state index is -1.99. The van der Waals surface area contributed by atoms with E-state index in [2.05, 4.69) is 48.1 Å². The van der Waals surface area contributed by atoms with Gasteiger partial charge in [-0.3, -0.25) is 0 Å². The number of carbonyl (C=O) groups is 1. The molecule has 0 saturated heterocycles. The number of hydrogen-bond donors (Lipinski definition) is 0. The summed E-state index contributed by atoms with van der Waals surface area (Å²) < 4.78 is 20.2. The molecule has 0 aliphatic rings. The van der Waals surface area contributed by atoms with E-state index in [1.54, 1.807) is 24.5 Å². The van der Waals surface area contributed by atoms with Crippen molar-refractivity contribution < 1.29 is 13.9 Å². The van der Waals surface area contributed by atoms with Crippen molar-refractivity contribution in [3.05, 3.63) is 66.5 Å². The first-order chi connectivity index (χ1) is 19.4. The number of aromatic nitrogens is 2. The molecule has 0 saturated carbocycles. The standard InChI is InChI=1S/C35H47FN2O2/c1-4-6-8-10-11-12-14-16-28-17-19-30(20-18-28)33-37-26-31(27-38-33)29-21-23-32(24-22-29)40-34(39)35(3,36)25-15-13-9-7-5-2/h17-24,26-27H,4-16,25H2,1-3H3. The van der Waals surface area contributed by atoms with Gasteiger partial charge in [-0.1, -0.05) is 114 Å². The van der Waals surface area contributed by atoms with Crippen LogP contribution >= 0.6 is 0 Å². The summed E-state index contributed by atoms with van der Waals surface area (Å²) in [7, 11) is 0. The number of benzene rings is 2. The van der Waals surface area contributed by atoms with Crippen LogP contribution in [-0.4, -0.2) is 21.6 Å². The highest BCUT2D eigenvalue weighted by molar-refractivity contribution is 5.81. The first-order valence-electron chi connectivity index (χ1n) is 15.4. The van der Waals surface area contributed by atoms with Gasteiger partial charge in [0.25, 0.3) is 0 Å². The monoisotopic (exact) mass is 546 g/mol. The van der Waals surface area contributed by atoms with Gasteiger partial charge >= 0.3 is 5.97 Å². The van der Waals surface area contributed by atoms with Crippen molar-refractivity contribution in [1.29, 1.82) is 0 Å². The molecule has 1 atom stereocenters. The van der Waals surface area contributed by atoms with Crippen LogP contribution in [0, 0.1) is 0 Å². The van der Waals surface area contributed by atoms with E-state index >= 15 is 0 Å². The van der Waals surface area contributed by atoms with Gasteiger partial charge in [-0.25, -0.2) is 19.2 Å². The minimum absolute atomic E-state index is 0.180. The average molecular weight is 547 g/mol. The zero-order chi connectivity index (χ0) is 28.6. The van der Waals surface area contributed by atoms with Crippen LogP contribution in [0.2, 0.25) is 0 Å². The van der Waals surface area contributed by atoms with Crippen molar-refractivity contribution in [2.45, 2.75) is 116 Å². The van der Waals surface area contributed by atoms with Crippen LogP contribution in [0.4, 0.5) is 4.39 Å². The summed E-state index contributed by atoms with van der Waals surface area (Å²) in [6, 6.07) is 15.6. The number of aryl methyl sites for hydroxylation is 1. The quantitative estimate of drug-likeness (QED) is 0.0905. The maximum Gasteiger partial charge on any atom is 0.348 e. The van der Waals surface area contributed by atoms with Crippen LogP contribution in [-0.2, 0) is 11.2 Å². The molecule has 0 fully saturated rings. The molecule has 0 spiro atoms. The molecule has 1 heterocycles. The van der Waals surface area contributed by atoms with Crippen molar-refractivity contribution in [1.82, 2.24) is 9.97 Å². The van der Waals surface area contributed by atoms with Crippen LogP contribution < -0.4 is 4.74 Å². The van der Waals surface area contributed by atoms with Crippen molar-refractivity contribution in [2.75, 3.05) is 0 Å². The number of esters is 1. The fraction of sp³-hybridized carbons (Fsp3) is 0.514. The molecule has 0 N–H and O–H groups in total. The molecule has 2 aromatic carbocycles. The second-order valence-electron chi connectivity index (χ2n) is 11.1. The van der Waals surface area contributed by atoms with Gasteiger partial charge < -0.3 is 4.74 Å². The van der Waals surface area contributed by atoms with Crippen LogP contribution in [0.1, 0.15) is 110 Å². The molecule has 5 heteroatoms. The van der Waals surface area contributed by atoms with Gasteiger partial charge in [0.1, 0.15) is 5.75 Å². The fourth-order valence-electron chi connectivity index (χ4n) is 4.82. The Morgan fingerprint density at radius 2 is 1.23 bits per heavy atom. The smallest absolute Gasteiger partial charge is 0.348 e. The largest absolute Gasteiger partial charge is 0.424 e. The van der Waals surface area contributed by atoms with E-state index in [1.165, 1.54) is 57.4 Å². The Balaban J connectivity index is 1.48. The first-order valence-corrected chi connectivity index (χ1v) is 15.4. The predicted octanol–water partition coefficient (Wildman–Crippen LogP) is 10.1. The van der Waals surface area contributed by atoms with Crippen LogP contribution in [0.15, 0.2) is 60.9 Å². The lowest BCUT2D eigenvalue weighted by Gasteiger charge is -2.18. The molecule has 1 unspecified atom stereocenters. The van der Waals surface area contributed by atoms with Gasteiger partial charge in [0, 0.05) is 23.5 Å². The third-order valence-corrected chi connectivity index (χ3v) is 7.51. The first kappa shape index (κ1) is 31.4. The number of alkyl halides is 1. The number of rotatable bonds is 18. The second kappa shape index (κ2) is 16.9. The van der Waals surface area contributed by atoms with Crippen LogP contribution in [0.25, 0.3) is 22.5 Å². The topological polar surface area (TPSA) is 52.1 Å². The Kier molecular flexibility index (Phi) is 13.3. The van der Waals surface area contributed by atoms with E-state index in [0.717, 1.165) is 48.8 Å². The highest BCUT2D eigenvalue weighted by Gasteiger charge is 2.34. The number of hydrogen-bond acceptors (Lipinski definition) is 4. The van der Waals surface area contributed by atoms with Crippen molar-refractivity contribution in [3.63, 3.8) is 0 Å². The van der Waals surface area contributed by atoms with Gasteiger partial charge in [0.05, 0.1) is 0 Å². The molecule has 0 amide bonds. The van der Waals surface area contributed by atoms with E-state index in [0.29, 0.717) is 18.0 Å². The molecule has 3 aromatic rings. The lowest BCUT2D eigenvalue weighted by Crippen LogP contribution is -2.34. The Labute approximate surface area is 240 Å². The van der Waals surface area contributed by atoms with Gasteiger partial charge in [0.2, 0.25) is 5.67 Å². The Hall–Kier alpha value is -3.08. The molecule has 0 aliphatic heterocycles. The maximum absolute atomic E-state index is 14.8. The summed E-state index contributed by atoms with van der Waals surface area (Å²) in [5.74, 6) is 0.184. The van der Waals surface area contributed by atoms with E-state index in [4.69, 9.17) is 4.74 Å². The molecular weight excluding hydrogens is 499 g/mol. The van der Waals surface area contributed by atoms with Gasteiger partial charge in [-0.2, -0.15) is 0 Å². The Bertz CT molecular complexity index is 1130. The van der Waals surface area contributed by atoms with Gasteiger partial charge in [-0.15, -0.1) is 0 Å². The lowest BCUT2D eigenvalue weighted by atomic mass is 9.99. The summed E-state index contributed by atoms with van der Waals surface area (Å²) in [6.07, 6.45) is 19.1. The normalized spacial score (nSPS) is 12.7. The number of carbonyl (C=O) groups excluding carboxylic acids is 1. The van der Waals surface area contributed by atoms with E-state index in [-0.39, 0.29) is 6.42 Å². The maximum atomic E-state index is 14.8. The molecule has 0 bridgehead atoms. The van der Waals surface area contributed by atoms with Crippen molar-refractivity contribution in [3.8, 4) is 28.3 Å². The predicted molar refractivity (Wildman–Crippen MR) is 163 cm³/mol. The molecule has 216 valence electrons. The SMILES string of the molecule is CCCCCCCCCc1ccc(-c2ncc(-c3ccc(OC(=O)C(C)(F)CCCCCCC)cc3)cn2)cc1. The van der Waals surface area contributed by atoms with Crippen LogP contribution in [0.3, 0.4) is 0 Å². The third-order valence-electron chi connectivity index (χ3n) is 7.51. The summed E-state index contributed by atoms with van der Waals surface area (Å²) in [6.45, 7) is 5.71. The minimum Gasteiger partial charge on any atom is -0.424 e. The van der Waals surface area contributed by atoms with Crippen LogP contribution in [0.5, 0.6) is 5.75 Å². The van der Waals surface area contributed by atoms with E-state index in [9.17, 15) is 9.18 Å². The molecule has 0 aliphatic carbocycles. The molecule has 1 aromatic heterocycles. The summed E-state index contributed by atoms with van der Waals surface area (Å²) >= 11 is 0. The number of halogens is 1. The zero-order valence-electron chi connectivity index (χ0n) is 24.8. The number of nitrogens with zero attached hydrogens (tertiary/aromatic N) is 2. The molecule has 3 rings (SSSR count). The highest BCUT2D eigenvalue weighted by atomic mass is 19.1. The number of unbranched alkanes of at least 4 members (excludes halogenated alkanes) is 10. The second-order valence-corrected chi connectivity index (χ2v) is 11.1. The summed E-state index contributed by atoms with van der Waals surface area (Å²) in [5.41, 5.74) is 2.13. The molecule has 40 heavy (non-hydrogen) atoms. The Morgan fingerprint density at radius 3 is 1.82 bits per heavy atom. The summed E-state index contributed by atoms with van der Waals surface area (Å²) in [4.78, 5) is 21.5. The van der Waals surface area contributed by atoms with Gasteiger partial charge in [-0.05, 0) is 55.9 Å². The third kappa shape index (κ3) is 10.5. The summed E-state index contributed by atoms with van der Waals surface area (Å²) in [5, 5.41) is 0. The van der Waals surface area contributed by atoms with Gasteiger partial charge in [0.15, 0.2) is 5.82 Å². The average Bonchev–Trinajstić information content (AvgIpc) is 2.97. The number of ether oxygens (including phenoxy) is 1. The lowest BCUT2D eigenvalue weighted by molar-refractivity contribution is -0.147. The van der Waals surface area contributed by atoms with E-state index in [1.807, 2.05) is 12.1 Å². The molecule has 0 radical (unpaired) electrons. The highest BCUT2D eigenvalue weighted by Crippen LogP contribution is 2.26. The van der Waals surface area contributed by atoms with E-state index < -0.39 is 11.6 Å². The zero-order valence-corrected chi connectivity index (χ0v) is 24.8.